The van der Waals surface area contributed by atoms with Gasteiger partial charge in [-0.3, -0.25) is 5.84 Å². The van der Waals surface area contributed by atoms with Gasteiger partial charge in [0.25, 0.3) is 0 Å². The number of nitrogens with one attached hydrogen (secondary N) is 1. The highest BCUT2D eigenvalue weighted by Gasteiger charge is 2.18. The van der Waals surface area contributed by atoms with Gasteiger partial charge in [0.15, 0.2) is 0 Å². The average Bonchev–Trinajstić information content (AvgIpc) is 2.64. The fourth-order valence-corrected chi connectivity index (χ4v) is 2.79. The second kappa shape index (κ2) is 6.17. The van der Waals surface area contributed by atoms with Crippen molar-refractivity contribution in [3.05, 3.63) is 46.5 Å². The van der Waals surface area contributed by atoms with Crippen molar-refractivity contribution in [3.8, 4) is 0 Å². The monoisotopic (exact) mass is 244 g/mol. The van der Waals surface area contributed by atoms with Crippen LogP contribution in [0.4, 0.5) is 0 Å². The molecule has 1 aromatic carbocycles. The lowest BCUT2D eigenvalue weighted by Crippen LogP contribution is -2.30. The first-order chi connectivity index (χ1) is 8.74. The number of nitrogens with two attached hydrogens (primary N) is 1. The molecule has 1 aliphatic rings. The molecule has 0 amide bonds. The summed E-state index contributed by atoms with van der Waals surface area (Å²) < 4.78 is 0. The molecule has 2 rings (SSSR count). The summed E-state index contributed by atoms with van der Waals surface area (Å²) in [5.74, 6) is 5.81. The van der Waals surface area contributed by atoms with Crippen LogP contribution in [0, 0.1) is 13.8 Å². The fourth-order valence-electron chi connectivity index (χ4n) is 2.79. The van der Waals surface area contributed by atoms with E-state index in [9.17, 15) is 0 Å². The molecule has 3 N–H and O–H groups in total. The largest absolute Gasteiger partial charge is 0.271 e. The van der Waals surface area contributed by atoms with Crippen LogP contribution in [0.15, 0.2) is 29.8 Å². The Morgan fingerprint density at radius 1 is 1.17 bits per heavy atom. The summed E-state index contributed by atoms with van der Waals surface area (Å²) in [4.78, 5) is 0. The molecule has 0 saturated heterocycles. The number of hydrazine groups is 1. The Balaban J connectivity index is 2.32. The van der Waals surface area contributed by atoms with Gasteiger partial charge in [-0.05, 0) is 56.2 Å². The van der Waals surface area contributed by atoms with Crippen molar-refractivity contribution in [2.45, 2.75) is 52.0 Å². The molecular formula is C16H24N2. The first-order valence-electron chi connectivity index (χ1n) is 6.95. The fraction of sp³-hybridized carbons (Fsp3) is 0.500. The molecule has 0 radical (unpaired) electrons. The lowest BCUT2D eigenvalue weighted by Gasteiger charge is -2.22. The maximum atomic E-state index is 5.81. The minimum absolute atomic E-state index is 0.183. The zero-order valence-corrected chi connectivity index (χ0v) is 11.5. The van der Waals surface area contributed by atoms with Crippen LogP contribution in [0.3, 0.4) is 0 Å². The molecule has 0 spiro atoms. The Morgan fingerprint density at radius 3 is 2.78 bits per heavy atom. The molecule has 0 aliphatic heterocycles. The van der Waals surface area contributed by atoms with Crippen LogP contribution in [0.5, 0.6) is 0 Å². The SMILES string of the molecule is Cc1cccc(C(NN)C2=CCCCCC2)c1C. The number of hydrogen-bond donors (Lipinski definition) is 2. The second-order valence-corrected chi connectivity index (χ2v) is 5.27. The van der Waals surface area contributed by atoms with E-state index in [1.807, 2.05) is 0 Å². The molecule has 2 heteroatoms. The van der Waals surface area contributed by atoms with Crippen molar-refractivity contribution < 1.29 is 0 Å². The quantitative estimate of drug-likeness (QED) is 0.483. The Morgan fingerprint density at radius 2 is 2.00 bits per heavy atom. The topological polar surface area (TPSA) is 38.0 Å². The zero-order valence-electron chi connectivity index (χ0n) is 11.5. The van der Waals surface area contributed by atoms with E-state index in [0.29, 0.717) is 0 Å². The lowest BCUT2D eigenvalue weighted by molar-refractivity contribution is 0.590. The van der Waals surface area contributed by atoms with Gasteiger partial charge < -0.3 is 0 Å². The summed E-state index contributed by atoms with van der Waals surface area (Å²) in [5, 5.41) is 0. The molecule has 0 saturated carbocycles. The van der Waals surface area contributed by atoms with E-state index in [1.54, 1.807) is 0 Å². The highest BCUT2D eigenvalue weighted by Crippen LogP contribution is 2.31. The molecule has 0 heterocycles. The summed E-state index contributed by atoms with van der Waals surface area (Å²) in [6, 6.07) is 6.66. The van der Waals surface area contributed by atoms with Crippen LogP contribution in [-0.2, 0) is 0 Å². The smallest absolute Gasteiger partial charge is 0.0672 e. The van der Waals surface area contributed by atoms with E-state index in [4.69, 9.17) is 5.84 Å². The molecule has 2 nitrogen and oxygen atoms in total. The van der Waals surface area contributed by atoms with Crippen LogP contribution in [0.2, 0.25) is 0 Å². The molecule has 1 aromatic rings. The molecule has 98 valence electrons. The minimum Gasteiger partial charge on any atom is -0.271 e. The normalized spacial score (nSPS) is 18.1. The maximum absolute atomic E-state index is 5.81. The van der Waals surface area contributed by atoms with Gasteiger partial charge in [-0.15, -0.1) is 0 Å². The van der Waals surface area contributed by atoms with Gasteiger partial charge in [-0.2, -0.15) is 0 Å². The summed E-state index contributed by atoms with van der Waals surface area (Å²) in [6.07, 6.45) is 8.69. The molecular weight excluding hydrogens is 220 g/mol. The highest BCUT2D eigenvalue weighted by molar-refractivity contribution is 5.39. The molecule has 1 unspecified atom stereocenters. The summed E-state index contributed by atoms with van der Waals surface area (Å²) in [5.41, 5.74) is 8.49. The Bertz CT molecular complexity index is 435. The van der Waals surface area contributed by atoms with E-state index < -0.39 is 0 Å². The van der Waals surface area contributed by atoms with Crippen LogP contribution >= 0.6 is 0 Å². The van der Waals surface area contributed by atoms with Gasteiger partial charge in [-0.25, -0.2) is 5.43 Å². The molecule has 0 bridgehead atoms. The highest BCUT2D eigenvalue weighted by atomic mass is 15.2. The van der Waals surface area contributed by atoms with Crippen molar-refractivity contribution in [1.29, 1.82) is 0 Å². The van der Waals surface area contributed by atoms with E-state index in [1.165, 1.54) is 54.4 Å². The molecule has 18 heavy (non-hydrogen) atoms. The van der Waals surface area contributed by atoms with Crippen molar-refractivity contribution >= 4 is 0 Å². The van der Waals surface area contributed by atoms with E-state index in [2.05, 4.69) is 43.5 Å². The number of rotatable bonds is 3. The van der Waals surface area contributed by atoms with Crippen LogP contribution in [0.25, 0.3) is 0 Å². The summed E-state index contributed by atoms with van der Waals surface area (Å²) in [7, 11) is 0. The van der Waals surface area contributed by atoms with E-state index in [0.717, 1.165) is 0 Å². The van der Waals surface area contributed by atoms with E-state index in [-0.39, 0.29) is 6.04 Å². The average molecular weight is 244 g/mol. The minimum atomic E-state index is 0.183. The molecule has 1 atom stereocenters. The second-order valence-electron chi connectivity index (χ2n) is 5.27. The summed E-state index contributed by atoms with van der Waals surface area (Å²) >= 11 is 0. The first-order valence-corrected chi connectivity index (χ1v) is 6.95. The number of hydrogen-bond acceptors (Lipinski definition) is 2. The number of aryl methyl sites for hydroxylation is 1. The Kier molecular flexibility index (Phi) is 4.56. The third kappa shape index (κ3) is 2.82. The number of benzene rings is 1. The maximum Gasteiger partial charge on any atom is 0.0672 e. The van der Waals surface area contributed by atoms with Crippen molar-refractivity contribution in [2.75, 3.05) is 0 Å². The van der Waals surface area contributed by atoms with Gasteiger partial charge in [0.05, 0.1) is 6.04 Å². The lowest BCUT2D eigenvalue weighted by atomic mass is 9.91. The predicted molar refractivity (Wildman–Crippen MR) is 77.1 cm³/mol. The Hall–Kier alpha value is -1.12. The van der Waals surface area contributed by atoms with Crippen molar-refractivity contribution in [2.24, 2.45) is 5.84 Å². The zero-order chi connectivity index (χ0) is 13.0. The first kappa shape index (κ1) is 13.3. The van der Waals surface area contributed by atoms with Crippen molar-refractivity contribution in [1.82, 2.24) is 5.43 Å². The van der Waals surface area contributed by atoms with Gasteiger partial charge in [0, 0.05) is 0 Å². The van der Waals surface area contributed by atoms with E-state index >= 15 is 0 Å². The van der Waals surface area contributed by atoms with Gasteiger partial charge >= 0.3 is 0 Å². The third-order valence-electron chi connectivity index (χ3n) is 4.07. The van der Waals surface area contributed by atoms with Crippen LogP contribution in [-0.4, -0.2) is 0 Å². The predicted octanol–water partition coefficient (Wildman–Crippen LogP) is 3.70. The Labute approximate surface area is 110 Å². The van der Waals surface area contributed by atoms with Crippen LogP contribution < -0.4 is 11.3 Å². The van der Waals surface area contributed by atoms with Gasteiger partial charge in [-0.1, -0.05) is 36.3 Å². The van der Waals surface area contributed by atoms with Crippen molar-refractivity contribution in [3.63, 3.8) is 0 Å². The van der Waals surface area contributed by atoms with Gasteiger partial charge in [0.2, 0.25) is 0 Å². The summed E-state index contributed by atoms with van der Waals surface area (Å²) in [6.45, 7) is 4.35. The molecule has 0 aromatic heterocycles. The standard InChI is InChI=1S/C16H24N2/c1-12-8-7-11-15(13(12)2)16(18-17)14-9-5-3-4-6-10-14/h7-9,11,16,18H,3-6,10,17H2,1-2H3. The molecule has 0 fully saturated rings. The van der Waals surface area contributed by atoms with Gasteiger partial charge in [0.1, 0.15) is 0 Å². The number of allylic oxidation sites excluding steroid dienone is 1. The third-order valence-corrected chi connectivity index (χ3v) is 4.07. The van der Waals surface area contributed by atoms with Crippen LogP contribution in [0.1, 0.15) is 54.8 Å². The molecule has 1 aliphatic carbocycles.